The number of hydrogen-bond acceptors (Lipinski definition) is 3. The molecule has 1 aliphatic rings. The number of nitrogens with one attached hydrogen (secondary N) is 1. The van der Waals surface area contributed by atoms with E-state index in [-0.39, 0.29) is 11.9 Å². The number of rotatable bonds is 5. The molecule has 1 saturated carbocycles. The summed E-state index contributed by atoms with van der Waals surface area (Å²) < 4.78 is 4.73. The first-order chi connectivity index (χ1) is 8.15. The highest BCUT2D eigenvalue weighted by molar-refractivity contribution is 5.72. The van der Waals surface area contributed by atoms with E-state index < -0.39 is 0 Å². The fourth-order valence-electron chi connectivity index (χ4n) is 2.62. The maximum atomic E-state index is 11.3. The molecule has 3 heteroatoms. The van der Waals surface area contributed by atoms with Crippen molar-refractivity contribution in [2.45, 2.75) is 58.4 Å². The molecule has 0 radical (unpaired) electrons. The summed E-state index contributed by atoms with van der Waals surface area (Å²) in [6, 6.07) is 0.514. The summed E-state index contributed by atoms with van der Waals surface area (Å²) in [6.07, 6.45) is 8.18. The minimum absolute atomic E-state index is 0.0479. The van der Waals surface area contributed by atoms with E-state index in [9.17, 15) is 4.79 Å². The third-order valence-electron chi connectivity index (χ3n) is 3.96. The van der Waals surface area contributed by atoms with E-state index in [0.717, 1.165) is 12.5 Å². The zero-order valence-electron chi connectivity index (χ0n) is 11.5. The van der Waals surface area contributed by atoms with E-state index in [2.05, 4.69) is 12.2 Å². The lowest BCUT2D eigenvalue weighted by Gasteiger charge is -2.24. The van der Waals surface area contributed by atoms with E-state index in [1.54, 1.807) is 0 Å². The third kappa shape index (κ3) is 5.07. The largest absolute Gasteiger partial charge is 0.469 e. The van der Waals surface area contributed by atoms with Gasteiger partial charge in [-0.15, -0.1) is 0 Å². The van der Waals surface area contributed by atoms with Crippen molar-refractivity contribution in [3.8, 4) is 0 Å². The van der Waals surface area contributed by atoms with Crippen LogP contribution in [0.15, 0.2) is 0 Å². The summed E-state index contributed by atoms with van der Waals surface area (Å²) in [7, 11) is 1.45. The SMILES string of the molecule is COC(=O)C(C)CN[C@H](C)C1CCCCCC1. The molecule has 0 aromatic heterocycles. The Kier molecular flexibility index (Phi) is 6.56. The molecule has 1 rings (SSSR count). The molecule has 1 fully saturated rings. The van der Waals surface area contributed by atoms with Gasteiger partial charge in [0.05, 0.1) is 13.0 Å². The molecule has 3 nitrogen and oxygen atoms in total. The van der Waals surface area contributed by atoms with Gasteiger partial charge in [-0.05, 0) is 25.7 Å². The van der Waals surface area contributed by atoms with E-state index in [0.29, 0.717) is 6.04 Å². The van der Waals surface area contributed by atoms with Crippen LogP contribution in [0.1, 0.15) is 52.4 Å². The van der Waals surface area contributed by atoms with Crippen LogP contribution in [0.4, 0.5) is 0 Å². The lowest BCUT2D eigenvalue weighted by Crippen LogP contribution is -2.38. The summed E-state index contributed by atoms with van der Waals surface area (Å²) in [5, 5.41) is 3.49. The van der Waals surface area contributed by atoms with Gasteiger partial charge in [-0.3, -0.25) is 4.79 Å². The Morgan fingerprint density at radius 2 is 1.82 bits per heavy atom. The molecule has 0 aromatic carbocycles. The van der Waals surface area contributed by atoms with Crippen LogP contribution in [0.25, 0.3) is 0 Å². The second-order valence-electron chi connectivity index (χ2n) is 5.37. The lowest BCUT2D eigenvalue weighted by molar-refractivity contribution is -0.144. The molecule has 0 aromatic rings. The Balaban J connectivity index is 2.27. The van der Waals surface area contributed by atoms with Gasteiger partial charge in [-0.25, -0.2) is 0 Å². The molecule has 2 atom stereocenters. The number of esters is 1. The molecule has 1 aliphatic carbocycles. The predicted molar refractivity (Wildman–Crippen MR) is 69.8 cm³/mol. The zero-order chi connectivity index (χ0) is 12.7. The van der Waals surface area contributed by atoms with Crippen molar-refractivity contribution in [3.63, 3.8) is 0 Å². The van der Waals surface area contributed by atoms with Crippen LogP contribution in [0.3, 0.4) is 0 Å². The standard InChI is InChI=1S/C14H27NO2/c1-11(14(16)17-3)10-15-12(2)13-8-6-4-5-7-9-13/h11-13,15H,4-10H2,1-3H3/t11?,12-/m1/s1. The molecular formula is C14H27NO2. The quantitative estimate of drug-likeness (QED) is 0.594. The summed E-state index contributed by atoms with van der Waals surface area (Å²) in [4.78, 5) is 11.3. The van der Waals surface area contributed by atoms with Gasteiger partial charge in [0.25, 0.3) is 0 Å². The molecule has 0 bridgehead atoms. The second kappa shape index (κ2) is 7.70. The summed E-state index contributed by atoms with van der Waals surface area (Å²) in [6.45, 7) is 4.89. The highest BCUT2D eigenvalue weighted by atomic mass is 16.5. The van der Waals surface area contributed by atoms with Gasteiger partial charge < -0.3 is 10.1 Å². The highest BCUT2D eigenvalue weighted by Crippen LogP contribution is 2.25. The Hall–Kier alpha value is -0.570. The van der Waals surface area contributed by atoms with E-state index in [4.69, 9.17) is 4.74 Å². The molecule has 1 N–H and O–H groups in total. The van der Waals surface area contributed by atoms with Gasteiger partial charge >= 0.3 is 5.97 Å². The van der Waals surface area contributed by atoms with Crippen molar-refractivity contribution >= 4 is 5.97 Å². The number of carbonyl (C=O) groups excluding carboxylic acids is 1. The Morgan fingerprint density at radius 1 is 1.24 bits per heavy atom. The number of carbonyl (C=O) groups is 1. The smallest absolute Gasteiger partial charge is 0.309 e. The number of hydrogen-bond donors (Lipinski definition) is 1. The van der Waals surface area contributed by atoms with Crippen molar-refractivity contribution in [3.05, 3.63) is 0 Å². The molecule has 1 unspecified atom stereocenters. The van der Waals surface area contributed by atoms with Gasteiger partial charge in [0.15, 0.2) is 0 Å². The topological polar surface area (TPSA) is 38.3 Å². The third-order valence-corrected chi connectivity index (χ3v) is 3.96. The van der Waals surface area contributed by atoms with E-state index in [1.807, 2.05) is 6.92 Å². The Morgan fingerprint density at radius 3 is 2.35 bits per heavy atom. The molecule has 0 saturated heterocycles. The number of ether oxygens (including phenoxy) is 1. The van der Waals surface area contributed by atoms with Gasteiger partial charge in [-0.1, -0.05) is 32.6 Å². The Labute approximate surface area is 105 Å². The first-order valence-electron chi connectivity index (χ1n) is 6.96. The summed E-state index contributed by atoms with van der Waals surface area (Å²) >= 11 is 0. The monoisotopic (exact) mass is 241 g/mol. The van der Waals surface area contributed by atoms with Crippen LogP contribution >= 0.6 is 0 Å². The zero-order valence-corrected chi connectivity index (χ0v) is 11.5. The average molecular weight is 241 g/mol. The van der Waals surface area contributed by atoms with Crippen molar-refractivity contribution in [2.24, 2.45) is 11.8 Å². The Bertz CT molecular complexity index is 222. The van der Waals surface area contributed by atoms with Crippen molar-refractivity contribution < 1.29 is 9.53 Å². The first kappa shape index (κ1) is 14.5. The second-order valence-corrected chi connectivity index (χ2v) is 5.37. The molecule has 0 heterocycles. The van der Waals surface area contributed by atoms with Crippen LogP contribution in [0.5, 0.6) is 0 Å². The van der Waals surface area contributed by atoms with Gasteiger partial charge in [0.1, 0.15) is 0 Å². The van der Waals surface area contributed by atoms with Crippen molar-refractivity contribution in [1.29, 1.82) is 0 Å². The fraction of sp³-hybridized carbons (Fsp3) is 0.929. The van der Waals surface area contributed by atoms with Crippen LogP contribution in [-0.2, 0) is 9.53 Å². The summed E-state index contributed by atoms with van der Waals surface area (Å²) in [5.74, 6) is 0.612. The average Bonchev–Trinajstić information content (AvgIpc) is 2.63. The first-order valence-corrected chi connectivity index (χ1v) is 6.96. The van der Waals surface area contributed by atoms with Crippen LogP contribution in [0.2, 0.25) is 0 Å². The molecule has 0 spiro atoms. The van der Waals surface area contributed by atoms with Crippen LogP contribution < -0.4 is 5.32 Å². The molecule has 17 heavy (non-hydrogen) atoms. The molecule has 0 aliphatic heterocycles. The van der Waals surface area contributed by atoms with Gasteiger partial charge in [-0.2, -0.15) is 0 Å². The van der Waals surface area contributed by atoms with Gasteiger partial charge in [0, 0.05) is 12.6 Å². The van der Waals surface area contributed by atoms with E-state index in [1.165, 1.54) is 45.6 Å². The van der Waals surface area contributed by atoms with Gasteiger partial charge in [0.2, 0.25) is 0 Å². The van der Waals surface area contributed by atoms with Crippen LogP contribution in [0, 0.1) is 11.8 Å². The molecule has 100 valence electrons. The number of methoxy groups -OCH3 is 1. The van der Waals surface area contributed by atoms with E-state index >= 15 is 0 Å². The molecular weight excluding hydrogens is 214 g/mol. The predicted octanol–water partition coefficient (Wildman–Crippen LogP) is 2.74. The molecule has 0 amide bonds. The van der Waals surface area contributed by atoms with Crippen LogP contribution in [-0.4, -0.2) is 25.7 Å². The maximum absolute atomic E-state index is 11.3. The summed E-state index contributed by atoms with van der Waals surface area (Å²) in [5.41, 5.74) is 0. The fourth-order valence-corrected chi connectivity index (χ4v) is 2.62. The highest BCUT2D eigenvalue weighted by Gasteiger charge is 2.20. The minimum Gasteiger partial charge on any atom is -0.469 e. The normalized spacial score (nSPS) is 21.6. The lowest BCUT2D eigenvalue weighted by atomic mass is 9.92. The maximum Gasteiger partial charge on any atom is 0.309 e. The van der Waals surface area contributed by atoms with Crippen molar-refractivity contribution in [1.82, 2.24) is 5.32 Å². The van der Waals surface area contributed by atoms with Crippen molar-refractivity contribution in [2.75, 3.05) is 13.7 Å². The minimum atomic E-state index is -0.120.